The third kappa shape index (κ3) is 5.65. The predicted molar refractivity (Wildman–Crippen MR) is 150 cm³/mol. The van der Waals surface area contributed by atoms with E-state index in [2.05, 4.69) is 151 Å². The zero-order valence-electron chi connectivity index (χ0n) is 19.5. The summed E-state index contributed by atoms with van der Waals surface area (Å²) in [6, 6.07) is 50.6. The van der Waals surface area contributed by atoms with Crippen LogP contribution in [0.3, 0.4) is 0 Å². The van der Waals surface area contributed by atoms with Gasteiger partial charge in [0, 0.05) is 5.57 Å². The summed E-state index contributed by atoms with van der Waals surface area (Å²) in [5.74, 6) is 0. The van der Waals surface area contributed by atoms with Crippen molar-refractivity contribution in [1.29, 1.82) is 0 Å². The third-order valence-corrected chi connectivity index (χ3v) is 5.93. The molecule has 0 aliphatic heterocycles. The van der Waals surface area contributed by atoms with E-state index in [9.17, 15) is 0 Å². The molecule has 166 valence electrons. The molecule has 0 saturated heterocycles. The first-order valence-corrected chi connectivity index (χ1v) is 11.9. The molecule has 0 nitrogen and oxygen atoms in total. The Balaban J connectivity index is 1.62. The van der Waals surface area contributed by atoms with Crippen molar-refractivity contribution in [3.63, 3.8) is 0 Å². The van der Waals surface area contributed by atoms with E-state index in [1.54, 1.807) is 0 Å². The Morgan fingerprint density at radius 2 is 0.914 bits per heavy atom. The summed E-state index contributed by atoms with van der Waals surface area (Å²) >= 11 is 0. The summed E-state index contributed by atoms with van der Waals surface area (Å²) in [5, 5.41) is 0. The van der Waals surface area contributed by atoms with Crippen molar-refractivity contribution in [1.82, 2.24) is 0 Å². The SMILES string of the molecule is C(=Cc1ccc(-c2ccccc2)cc1)=C(/C(=C/c1ccccc1)c1ccccc1)c1ccccc1. The maximum atomic E-state index is 3.65. The van der Waals surface area contributed by atoms with Crippen molar-refractivity contribution in [2.24, 2.45) is 0 Å². The molecule has 0 amide bonds. The zero-order valence-corrected chi connectivity index (χ0v) is 19.5. The molecule has 0 saturated carbocycles. The highest BCUT2D eigenvalue weighted by atomic mass is 14.1. The molecule has 5 aromatic carbocycles. The summed E-state index contributed by atoms with van der Waals surface area (Å²) < 4.78 is 0. The number of allylic oxidation sites excluding steroid dienone is 2. The maximum absolute atomic E-state index is 3.65. The van der Waals surface area contributed by atoms with Crippen LogP contribution in [0.1, 0.15) is 22.3 Å². The molecule has 0 fully saturated rings. The standard InChI is InChI=1S/C35H26/c1-5-13-29(14-6-1)27-35(33-19-11-4-12-20-33)34(32-17-9-3-10-18-32)26-23-28-21-24-31(25-22-28)30-15-7-2-8-16-30/h1-25,27H/b35-27+. The minimum absolute atomic E-state index is 1.06. The van der Waals surface area contributed by atoms with Crippen LogP contribution in [0.15, 0.2) is 151 Å². The Kier molecular flexibility index (Phi) is 6.96. The number of hydrogen-bond acceptors (Lipinski definition) is 0. The Bertz CT molecular complexity index is 1450. The summed E-state index contributed by atoms with van der Waals surface area (Å²) in [7, 11) is 0. The van der Waals surface area contributed by atoms with E-state index in [1.807, 2.05) is 12.1 Å². The van der Waals surface area contributed by atoms with E-state index in [1.165, 1.54) is 11.1 Å². The van der Waals surface area contributed by atoms with Crippen molar-refractivity contribution in [2.75, 3.05) is 0 Å². The molecular formula is C35H26. The highest BCUT2D eigenvalue weighted by molar-refractivity contribution is 6.11. The van der Waals surface area contributed by atoms with Gasteiger partial charge in [-0.3, -0.25) is 0 Å². The van der Waals surface area contributed by atoms with E-state index in [4.69, 9.17) is 0 Å². The number of hydrogen-bond donors (Lipinski definition) is 0. The lowest BCUT2D eigenvalue weighted by Crippen LogP contribution is -1.90. The topological polar surface area (TPSA) is 0 Å². The van der Waals surface area contributed by atoms with Gasteiger partial charge in [-0.25, -0.2) is 0 Å². The molecule has 0 radical (unpaired) electrons. The van der Waals surface area contributed by atoms with Crippen LogP contribution < -0.4 is 0 Å². The molecule has 5 aromatic rings. The zero-order chi connectivity index (χ0) is 23.7. The van der Waals surface area contributed by atoms with Gasteiger partial charge in [-0.1, -0.05) is 146 Å². The average molecular weight is 447 g/mol. The minimum Gasteiger partial charge on any atom is -0.111 e. The second kappa shape index (κ2) is 11.0. The van der Waals surface area contributed by atoms with Crippen molar-refractivity contribution < 1.29 is 0 Å². The van der Waals surface area contributed by atoms with Gasteiger partial charge in [0.25, 0.3) is 0 Å². The Morgan fingerprint density at radius 3 is 1.51 bits per heavy atom. The molecule has 5 rings (SSSR count). The largest absolute Gasteiger partial charge is 0.111 e. The fourth-order valence-corrected chi connectivity index (χ4v) is 4.11. The summed E-state index contributed by atoms with van der Waals surface area (Å²) in [6.45, 7) is 0. The average Bonchev–Trinajstić information content (AvgIpc) is 2.95. The molecule has 0 atom stereocenters. The number of benzene rings is 5. The molecule has 0 aromatic heterocycles. The first kappa shape index (κ1) is 22.2. The van der Waals surface area contributed by atoms with Gasteiger partial charge >= 0.3 is 0 Å². The van der Waals surface area contributed by atoms with E-state index < -0.39 is 0 Å². The van der Waals surface area contributed by atoms with Crippen molar-refractivity contribution in [3.8, 4) is 11.1 Å². The highest BCUT2D eigenvalue weighted by Gasteiger charge is 2.10. The minimum atomic E-state index is 1.06. The van der Waals surface area contributed by atoms with Crippen LogP contribution in [-0.4, -0.2) is 0 Å². The van der Waals surface area contributed by atoms with Gasteiger partial charge in [0.1, 0.15) is 0 Å². The van der Waals surface area contributed by atoms with Gasteiger partial charge in [-0.05, 0) is 51.1 Å². The molecule has 0 spiro atoms. The van der Waals surface area contributed by atoms with Crippen LogP contribution in [-0.2, 0) is 0 Å². The number of rotatable bonds is 6. The first-order valence-electron chi connectivity index (χ1n) is 11.9. The lowest BCUT2D eigenvalue weighted by Gasteiger charge is -2.12. The normalized spacial score (nSPS) is 10.9. The second-order valence-electron chi connectivity index (χ2n) is 8.35. The van der Waals surface area contributed by atoms with Crippen LogP contribution in [0.4, 0.5) is 0 Å². The molecular weight excluding hydrogens is 420 g/mol. The molecule has 35 heavy (non-hydrogen) atoms. The lowest BCUT2D eigenvalue weighted by atomic mass is 9.91. The van der Waals surface area contributed by atoms with E-state index in [-0.39, 0.29) is 0 Å². The Hall–Kier alpha value is -4.64. The van der Waals surface area contributed by atoms with Crippen LogP contribution in [0.25, 0.3) is 34.4 Å². The Morgan fingerprint density at radius 1 is 0.429 bits per heavy atom. The molecule has 0 bridgehead atoms. The molecule has 0 heteroatoms. The smallest absolute Gasteiger partial charge is 0.0315 e. The molecule has 0 aliphatic carbocycles. The molecule has 0 N–H and O–H groups in total. The molecule has 0 unspecified atom stereocenters. The van der Waals surface area contributed by atoms with Crippen molar-refractivity contribution in [2.45, 2.75) is 0 Å². The summed E-state index contributed by atoms with van der Waals surface area (Å²) in [6.07, 6.45) is 4.33. The third-order valence-electron chi connectivity index (χ3n) is 5.93. The fourth-order valence-electron chi connectivity index (χ4n) is 4.11. The van der Waals surface area contributed by atoms with Gasteiger partial charge in [-0.15, -0.1) is 5.73 Å². The monoisotopic (exact) mass is 446 g/mol. The molecule has 0 aliphatic rings. The van der Waals surface area contributed by atoms with E-state index in [0.717, 1.165) is 33.4 Å². The second-order valence-corrected chi connectivity index (χ2v) is 8.35. The fraction of sp³-hybridized carbons (Fsp3) is 0. The van der Waals surface area contributed by atoms with Gasteiger partial charge in [0.15, 0.2) is 0 Å². The molecule has 0 heterocycles. The van der Waals surface area contributed by atoms with Crippen LogP contribution in [0, 0.1) is 0 Å². The maximum Gasteiger partial charge on any atom is 0.0315 e. The van der Waals surface area contributed by atoms with Gasteiger partial charge < -0.3 is 0 Å². The van der Waals surface area contributed by atoms with E-state index in [0.29, 0.717) is 0 Å². The first-order chi connectivity index (χ1) is 17.4. The van der Waals surface area contributed by atoms with Crippen LogP contribution >= 0.6 is 0 Å². The Labute approximate surface area is 207 Å². The van der Waals surface area contributed by atoms with Gasteiger partial charge in [0.2, 0.25) is 0 Å². The quantitative estimate of drug-likeness (QED) is 0.138. The predicted octanol–water partition coefficient (Wildman–Crippen LogP) is 9.29. The summed E-state index contributed by atoms with van der Waals surface area (Å²) in [4.78, 5) is 0. The van der Waals surface area contributed by atoms with Crippen LogP contribution in [0.2, 0.25) is 0 Å². The van der Waals surface area contributed by atoms with Crippen LogP contribution in [0.5, 0.6) is 0 Å². The van der Waals surface area contributed by atoms with Crippen molar-refractivity contribution >= 4 is 23.3 Å². The van der Waals surface area contributed by atoms with Gasteiger partial charge in [-0.2, -0.15) is 0 Å². The van der Waals surface area contributed by atoms with Gasteiger partial charge in [0.05, 0.1) is 0 Å². The summed E-state index contributed by atoms with van der Waals surface area (Å²) in [5.41, 5.74) is 12.9. The lowest BCUT2D eigenvalue weighted by molar-refractivity contribution is 1.58. The van der Waals surface area contributed by atoms with Crippen molar-refractivity contribution in [3.05, 3.63) is 174 Å². The highest BCUT2D eigenvalue weighted by Crippen LogP contribution is 2.32. The van der Waals surface area contributed by atoms with E-state index >= 15 is 0 Å².